The third-order valence-electron chi connectivity index (χ3n) is 3.02. The van der Waals surface area contributed by atoms with Gasteiger partial charge in [-0.05, 0) is 27.7 Å². The number of hydrogen-bond donors (Lipinski definition) is 1. The van der Waals surface area contributed by atoms with Gasteiger partial charge in [0.2, 0.25) is 5.95 Å². The van der Waals surface area contributed by atoms with Crippen molar-refractivity contribution >= 4 is 15.8 Å². The summed E-state index contributed by atoms with van der Waals surface area (Å²) in [7, 11) is -1.18. The van der Waals surface area contributed by atoms with E-state index in [0.29, 0.717) is 19.0 Å². The van der Waals surface area contributed by atoms with Gasteiger partial charge < -0.3 is 10.2 Å². The lowest BCUT2D eigenvalue weighted by Crippen LogP contribution is -2.35. The normalized spacial score (nSPS) is 12.5. The molecular formula is C14H26N4O2S. The average Bonchev–Trinajstić information content (AvgIpc) is 2.32. The highest BCUT2D eigenvalue weighted by molar-refractivity contribution is 7.90. The Kier molecular flexibility index (Phi) is 5.69. The van der Waals surface area contributed by atoms with Gasteiger partial charge in [0.15, 0.2) is 0 Å². The molecule has 1 rings (SSSR count). The molecule has 0 fully saturated rings. The lowest BCUT2D eigenvalue weighted by molar-refractivity contribution is 0.423. The van der Waals surface area contributed by atoms with E-state index in [9.17, 15) is 8.42 Å². The van der Waals surface area contributed by atoms with Crippen molar-refractivity contribution < 1.29 is 8.42 Å². The highest BCUT2D eigenvalue weighted by Gasteiger charge is 2.13. The topological polar surface area (TPSA) is 75.2 Å². The monoisotopic (exact) mass is 314 g/mol. The molecule has 1 N–H and O–H groups in total. The molecule has 0 amide bonds. The molecule has 21 heavy (non-hydrogen) atoms. The first-order valence-electron chi connectivity index (χ1n) is 6.94. The summed E-state index contributed by atoms with van der Waals surface area (Å²) in [5.41, 5.74) is 1.99. The van der Waals surface area contributed by atoms with Gasteiger partial charge in [-0.3, -0.25) is 0 Å². The maximum Gasteiger partial charge on any atom is 0.225 e. The third kappa shape index (κ3) is 6.86. The van der Waals surface area contributed by atoms with E-state index in [2.05, 4.69) is 36.1 Å². The van der Waals surface area contributed by atoms with E-state index in [1.807, 2.05) is 6.92 Å². The molecule has 0 atom stereocenters. The minimum absolute atomic E-state index is 0.0391. The number of hydrogen-bond acceptors (Lipinski definition) is 6. The van der Waals surface area contributed by atoms with Crippen LogP contribution in [0.2, 0.25) is 0 Å². The zero-order valence-electron chi connectivity index (χ0n) is 13.8. The molecule has 120 valence electrons. The third-order valence-corrected chi connectivity index (χ3v) is 3.94. The Bertz CT molecular complexity index is 579. The highest BCUT2D eigenvalue weighted by Crippen LogP contribution is 2.11. The first-order chi connectivity index (χ1) is 9.48. The molecule has 1 heterocycles. The van der Waals surface area contributed by atoms with Gasteiger partial charge in [-0.2, -0.15) is 0 Å². The van der Waals surface area contributed by atoms with Gasteiger partial charge in [-0.15, -0.1) is 0 Å². The first-order valence-corrected chi connectivity index (χ1v) is 9.00. The summed E-state index contributed by atoms with van der Waals surface area (Å²) < 4.78 is 22.4. The molecule has 0 aliphatic heterocycles. The number of anilines is 1. The van der Waals surface area contributed by atoms with E-state index in [1.165, 1.54) is 6.26 Å². The van der Waals surface area contributed by atoms with Gasteiger partial charge in [0.05, 0.1) is 5.75 Å². The second-order valence-electron chi connectivity index (χ2n) is 6.44. The van der Waals surface area contributed by atoms with Crippen LogP contribution in [0.15, 0.2) is 6.20 Å². The zero-order valence-corrected chi connectivity index (χ0v) is 14.6. The van der Waals surface area contributed by atoms with E-state index in [-0.39, 0.29) is 11.3 Å². The van der Waals surface area contributed by atoms with Crippen molar-refractivity contribution in [3.05, 3.63) is 17.5 Å². The Morgan fingerprint density at radius 1 is 1.33 bits per heavy atom. The van der Waals surface area contributed by atoms with Gasteiger partial charge in [-0.25, -0.2) is 18.4 Å². The van der Waals surface area contributed by atoms with Crippen molar-refractivity contribution in [2.24, 2.45) is 0 Å². The van der Waals surface area contributed by atoms with Crippen molar-refractivity contribution in [1.82, 2.24) is 15.3 Å². The minimum atomic E-state index is -2.98. The molecule has 1 aromatic rings. The Morgan fingerprint density at radius 3 is 2.43 bits per heavy atom. The van der Waals surface area contributed by atoms with Crippen LogP contribution in [0.3, 0.4) is 0 Å². The second-order valence-corrected chi connectivity index (χ2v) is 8.70. The molecule has 0 aliphatic carbocycles. The van der Waals surface area contributed by atoms with Gasteiger partial charge in [-0.1, -0.05) is 0 Å². The van der Waals surface area contributed by atoms with Crippen molar-refractivity contribution in [2.75, 3.05) is 30.5 Å². The number of aryl methyl sites for hydroxylation is 1. The maximum atomic E-state index is 11.2. The summed E-state index contributed by atoms with van der Waals surface area (Å²) in [6.07, 6.45) is 3.03. The van der Waals surface area contributed by atoms with E-state index in [4.69, 9.17) is 0 Å². The maximum absolute atomic E-state index is 11.2. The minimum Gasteiger partial charge on any atom is -0.343 e. The Labute approximate surface area is 127 Å². The molecular weight excluding hydrogens is 288 g/mol. The summed E-state index contributed by atoms with van der Waals surface area (Å²) in [6.45, 7) is 9.36. The SMILES string of the molecule is Cc1nc(N(C)CCS(C)(=O)=O)ncc1CNC(C)(C)C. The van der Waals surface area contributed by atoms with Crippen LogP contribution in [0.5, 0.6) is 0 Å². The summed E-state index contributed by atoms with van der Waals surface area (Å²) in [4.78, 5) is 10.5. The molecule has 0 unspecified atom stereocenters. The largest absolute Gasteiger partial charge is 0.343 e. The predicted octanol–water partition coefficient (Wildman–Crippen LogP) is 1.15. The van der Waals surface area contributed by atoms with E-state index < -0.39 is 9.84 Å². The Morgan fingerprint density at radius 2 is 1.95 bits per heavy atom. The molecule has 0 saturated heterocycles. The summed E-state index contributed by atoms with van der Waals surface area (Å²) in [6, 6.07) is 0. The quantitative estimate of drug-likeness (QED) is 0.849. The highest BCUT2D eigenvalue weighted by atomic mass is 32.2. The molecule has 0 radical (unpaired) electrons. The number of sulfone groups is 1. The zero-order chi connectivity index (χ0) is 16.3. The number of rotatable bonds is 6. The average molecular weight is 314 g/mol. The van der Waals surface area contributed by atoms with Crippen LogP contribution in [-0.2, 0) is 16.4 Å². The van der Waals surface area contributed by atoms with Crippen LogP contribution < -0.4 is 10.2 Å². The van der Waals surface area contributed by atoms with Gasteiger partial charge in [0, 0.05) is 49.4 Å². The molecule has 6 nitrogen and oxygen atoms in total. The van der Waals surface area contributed by atoms with Crippen molar-refractivity contribution in [2.45, 2.75) is 39.8 Å². The van der Waals surface area contributed by atoms with Crippen LogP contribution in [0.4, 0.5) is 5.95 Å². The molecule has 1 aromatic heterocycles. The Balaban J connectivity index is 2.73. The van der Waals surface area contributed by atoms with E-state index >= 15 is 0 Å². The molecule has 0 aromatic carbocycles. The fourth-order valence-corrected chi connectivity index (χ4v) is 2.21. The van der Waals surface area contributed by atoms with Crippen LogP contribution in [0.1, 0.15) is 32.0 Å². The van der Waals surface area contributed by atoms with Crippen LogP contribution in [-0.4, -0.2) is 49.5 Å². The van der Waals surface area contributed by atoms with Crippen LogP contribution in [0, 0.1) is 6.92 Å². The van der Waals surface area contributed by atoms with E-state index in [1.54, 1.807) is 18.1 Å². The van der Waals surface area contributed by atoms with Crippen molar-refractivity contribution in [3.8, 4) is 0 Å². The van der Waals surface area contributed by atoms with E-state index in [0.717, 1.165) is 11.3 Å². The number of aromatic nitrogens is 2. The van der Waals surface area contributed by atoms with Gasteiger partial charge >= 0.3 is 0 Å². The predicted molar refractivity (Wildman–Crippen MR) is 86.3 cm³/mol. The number of nitrogens with one attached hydrogen (secondary N) is 1. The lowest BCUT2D eigenvalue weighted by atomic mass is 10.1. The molecule has 0 bridgehead atoms. The Hall–Kier alpha value is -1.21. The van der Waals surface area contributed by atoms with Crippen molar-refractivity contribution in [3.63, 3.8) is 0 Å². The van der Waals surface area contributed by atoms with Crippen LogP contribution in [0.25, 0.3) is 0 Å². The molecule has 7 heteroatoms. The first kappa shape index (κ1) is 17.8. The second kappa shape index (κ2) is 6.70. The molecule has 0 spiro atoms. The lowest BCUT2D eigenvalue weighted by Gasteiger charge is -2.22. The van der Waals surface area contributed by atoms with Gasteiger partial charge in [0.1, 0.15) is 9.84 Å². The number of nitrogens with zero attached hydrogens (tertiary/aromatic N) is 3. The molecule has 0 saturated carbocycles. The summed E-state index contributed by atoms with van der Waals surface area (Å²) in [5, 5.41) is 3.40. The molecule has 0 aliphatic rings. The standard InChI is InChI=1S/C14H26N4O2S/c1-11-12(10-16-14(2,3)4)9-15-13(17-11)18(5)7-8-21(6,19)20/h9,16H,7-8,10H2,1-6H3. The fourth-order valence-electron chi connectivity index (χ4n) is 1.60. The van der Waals surface area contributed by atoms with Gasteiger partial charge in [0.25, 0.3) is 0 Å². The summed E-state index contributed by atoms with van der Waals surface area (Å²) >= 11 is 0. The van der Waals surface area contributed by atoms with Crippen molar-refractivity contribution in [1.29, 1.82) is 0 Å². The smallest absolute Gasteiger partial charge is 0.225 e. The summed E-state index contributed by atoms with van der Waals surface area (Å²) in [5.74, 6) is 0.648. The fraction of sp³-hybridized carbons (Fsp3) is 0.714. The van der Waals surface area contributed by atoms with Crippen LogP contribution >= 0.6 is 0 Å².